The zero-order chi connectivity index (χ0) is 12.9. The summed E-state index contributed by atoms with van der Waals surface area (Å²) in [6, 6.07) is -0.118. The van der Waals surface area contributed by atoms with Gasteiger partial charge in [0.25, 0.3) is 0 Å². The van der Waals surface area contributed by atoms with Crippen molar-refractivity contribution in [2.45, 2.75) is 64.1 Å². The zero-order valence-corrected chi connectivity index (χ0v) is 11.2. The predicted molar refractivity (Wildman–Crippen MR) is 67.8 cm³/mol. The molecular weight excluding hydrogens is 228 g/mol. The highest BCUT2D eigenvalue weighted by Gasteiger charge is 2.53. The molecule has 4 nitrogen and oxygen atoms in total. The van der Waals surface area contributed by atoms with Crippen molar-refractivity contribution in [3.05, 3.63) is 0 Å². The molecule has 2 aliphatic carbocycles. The Labute approximate surface area is 108 Å². The van der Waals surface area contributed by atoms with E-state index in [1.807, 2.05) is 11.8 Å². The van der Waals surface area contributed by atoms with Crippen molar-refractivity contribution in [3.63, 3.8) is 0 Å². The van der Waals surface area contributed by atoms with Crippen LogP contribution in [-0.4, -0.2) is 34.8 Å². The number of hydrogen-bond donors (Lipinski definition) is 1. The van der Waals surface area contributed by atoms with Crippen LogP contribution in [0.1, 0.15) is 46.0 Å². The average Bonchev–Trinajstić information content (AvgIpc) is 3.24. The first-order valence-corrected chi connectivity index (χ1v) is 7.29. The zero-order valence-electron chi connectivity index (χ0n) is 11.2. The van der Waals surface area contributed by atoms with Crippen LogP contribution in [0.4, 0.5) is 0 Å². The normalized spacial score (nSPS) is 39.8. The van der Waals surface area contributed by atoms with E-state index in [1.165, 1.54) is 0 Å². The topological polar surface area (TPSA) is 49.4 Å². The third-order valence-electron chi connectivity index (χ3n) is 4.70. The van der Waals surface area contributed by atoms with Gasteiger partial charge in [0.15, 0.2) is 0 Å². The average molecular weight is 250 g/mol. The number of carbonyl (C=O) groups is 2. The summed E-state index contributed by atoms with van der Waals surface area (Å²) in [5, 5.41) is 2.94. The van der Waals surface area contributed by atoms with Crippen molar-refractivity contribution in [1.29, 1.82) is 0 Å². The Morgan fingerprint density at radius 3 is 2.44 bits per heavy atom. The molecule has 3 rings (SSSR count). The van der Waals surface area contributed by atoms with Gasteiger partial charge in [-0.15, -0.1) is 0 Å². The summed E-state index contributed by atoms with van der Waals surface area (Å²) in [4.78, 5) is 26.6. The highest BCUT2D eigenvalue weighted by Crippen LogP contribution is 2.43. The van der Waals surface area contributed by atoms with Crippen LogP contribution in [0.3, 0.4) is 0 Å². The Morgan fingerprint density at radius 1 is 1.22 bits per heavy atom. The lowest BCUT2D eigenvalue weighted by molar-refractivity contribution is -0.151. The summed E-state index contributed by atoms with van der Waals surface area (Å²) in [7, 11) is 0. The van der Waals surface area contributed by atoms with E-state index >= 15 is 0 Å². The van der Waals surface area contributed by atoms with Gasteiger partial charge in [-0.05, 0) is 37.5 Å². The number of carbonyl (C=O) groups excluding carboxylic acids is 2. The molecule has 4 atom stereocenters. The summed E-state index contributed by atoms with van der Waals surface area (Å²) in [6.45, 7) is 4.16. The van der Waals surface area contributed by atoms with Gasteiger partial charge in [-0.3, -0.25) is 9.59 Å². The minimum absolute atomic E-state index is 0.0655. The Kier molecular flexibility index (Phi) is 2.83. The van der Waals surface area contributed by atoms with Gasteiger partial charge in [0.05, 0.1) is 0 Å². The number of nitrogens with zero attached hydrogens (tertiary/aromatic N) is 1. The first-order chi connectivity index (χ1) is 8.67. The van der Waals surface area contributed by atoms with Crippen molar-refractivity contribution < 1.29 is 9.59 Å². The van der Waals surface area contributed by atoms with Crippen LogP contribution in [0.2, 0.25) is 0 Å². The molecule has 1 heterocycles. The van der Waals surface area contributed by atoms with Crippen LogP contribution in [0, 0.1) is 11.8 Å². The van der Waals surface area contributed by atoms with E-state index < -0.39 is 0 Å². The van der Waals surface area contributed by atoms with Gasteiger partial charge in [0.1, 0.15) is 12.1 Å². The predicted octanol–water partition coefficient (Wildman–Crippen LogP) is 1.30. The van der Waals surface area contributed by atoms with Crippen LogP contribution in [0.15, 0.2) is 0 Å². The van der Waals surface area contributed by atoms with E-state index in [0.717, 1.165) is 32.1 Å². The second-order valence-corrected chi connectivity index (χ2v) is 5.96. The molecule has 18 heavy (non-hydrogen) atoms. The van der Waals surface area contributed by atoms with Gasteiger partial charge in [0.2, 0.25) is 11.8 Å². The van der Waals surface area contributed by atoms with E-state index in [1.54, 1.807) is 0 Å². The Balaban J connectivity index is 1.81. The molecule has 4 heteroatoms. The van der Waals surface area contributed by atoms with Crippen LogP contribution < -0.4 is 5.32 Å². The molecule has 0 aromatic heterocycles. The fourth-order valence-corrected chi connectivity index (χ4v) is 3.29. The van der Waals surface area contributed by atoms with Crippen LogP contribution >= 0.6 is 0 Å². The second kappa shape index (κ2) is 4.25. The molecule has 4 unspecified atom stereocenters. The highest BCUT2D eigenvalue weighted by atomic mass is 16.2. The summed E-state index contributed by atoms with van der Waals surface area (Å²) in [5.41, 5.74) is 0. The lowest BCUT2D eigenvalue weighted by Gasteiger charge is -2.39. The van der Waals surface area contributed by atoms with Crippen molar-refractivity contribution in [1.82, 2.24) is 10.2 Å². The Morgan fingerprint density at radius 2 is 1.94 bits per heavy atom. The lowest BCUT2D eigenvalue weighted by Crippen LogP contribution is -2.64. The number of nitrogens with one attached hydrogen (secondary N) is 1. The van der Waals surface area contributed by atoms with Gasteiger partial charge >= 0.3 is 0 Å². The minimum Gasteiger partial charge on any atom is -0.342 e. The van der Waals surface area contributed by atoms with Crippen molar-refractivity contribution in [2.75, 3.05) is 0 Å². The molecule has 3 aliphatic rings. The largest absolute Gasteiger partial charge is 0.342 e. The lowest BCUT2D eigenvalue weighted by atomic mass is 10.0. The molecule has 1 saturated heterocycles. The molecule has 1 aliphatic heterocycles. The molecule has 0 bridgehead atoms. The van der Waals surface area contributed by atoms with Gasteiger partial charge < -0.3 is 10.2 Å². The molecular formula is C14H22N2O2. The molecule has 1 N–H and O–H groups in total. The summed E-state index contributed by atoms with van der Waals surface area (Å²) in [5.74, 6) is 1.27. The maximum Gasteiger partial charge on any atom is 0.246 e. The van der Waals surface area contributed by atoms with Crippen molar-refractivity contribution in [3.8, 4) is 0 Å². The van der Waals surface area contributed by atoms with Gasteiger partial charge in [0, 0.05) is 6.04 Å². The van der Waals surface area contributed by atoms with Gasteiger partial charge in [-0.1, -0.05) is 20.3 Å². The molecule has 0 radical (unpaired) electrons. The summed E-state index contributed by atoms with van der Waals surface area (Å²) in [6.07, 6.45) is 5.10. The van der Waals surface area contributed by atoms with Crippen molar-refractivity contribution >= 4 is 11.8 Å². The number of rotatable bonds is 4. The molecule has 0 aromatic rings. The third kappa shape index (κ3) is 1.82. The van der Waals surface area contributed by atoms with Gasteiger partial charge in [-0.2, -0.15) is 0 Å². The van der Waals surface area contributed by atoms with Gasteiger partial charge in [-0.25, -0.2) is 0 Å². The third-order valence-corrected chi connectivity index (χ3v) is 4.70. The van der Waals surface area contributed by atoms with E-state index in [4.69, 9.17) is 0 Å². The Bertz CT molecular complexity index is 378. The fourth-order valence-electron chi connectivity index (χ4n) is 3.29. The minimum atomic E-state index is -0.228. The molecule has 3 fully saturated rings. The highest BCUT2D eigenvalue weighted by molar-refractivity contribution is 5.97. The summed E-state index contributed by atoms with van der Waals surface area (Å²) >= 11 is 0. The maximum atomic E-state index is 12.6. The first-order valence-electron chi connectivity index (χ1n) is 7.29. The fraction of sp³-hybridized carbons (Fsp3) is 0.857. The van der Waals surface area contributed by atoms with Crippen molar-refractivity contribution in [2.24, 2.45) is 11.8 Å². The summed E-state index contributed by atoms with van der Waals surface area (Å²) < 4.78 is 0. The number of piperazine rings is 1. The Hall–Kier alpha value is -1.06. The molecule has 2 amide bonds. The first kappa shape index (κ1) is 12.0. The van der Waals surface area contributed by atoms with Crippen LogP contribution in [-0.2, 0) is 9.59 Å². The van der Waals surface area contributed by atoms with Crippen LogP contribution in [0.5, 0.6) is 0 Å². The quantitative estimate of drug-likeness (QED) is 0.817. The number of amides is 2. The maximum absolute atomic E-state index is 12.6. The molecule has 0 aromatic carbocycles. The second-order valence-electron chi connectivity index (χ2n) is 5.96. The SMILES string of the molecule is CCC1CC1N1C(=O)C(C2CC2)NC(=O)C1CC. The standard InChI is InChI=1S/C14H22N2O2/c1-3-8-7-11(8)16-10(4-2)13(17)15-12(14(16)18)9-5-6-9/h8-12H,3-7H2,1-2H3,(H,15,17). The van der Waals surface area contributed by atoms with E-state index in [9.17, 15) is 9.59 Å². The molecule has 0 spiro atoms. The van der Waals surface area contributed by atoms with E-state index in [2.05, 4.69) is 12.2 Å². The molecule has 2 saturated carbocycles. The van der Waals surface area contributed by atoms with E-state index in [0.29, 0.717) is 17.9 Å². The number of hydrogen-bond acceptors (Lipinski definition) is 2. The van der Waals surface area contributed by atoms with E-state index in [-0.39, 0.29) is 23.9 Å². The monoisotopic (exact) mass is 250 g/mol. The van der Waals surface area contributed by atoms with Crippen LogP contribution in [0.25, 0.3) is 0 Å². The molecule has 100 valence electrons. The smallest absolute Gasteiger partial charge is 0.246 e.